The van der Waals surface area contributed by atoms with E-state index in [0.717, 1.165) is 19.6 Å². The standard InChI is InChI=1S/C19H20N2O/c1-13-6-5-9-15-16(14-7-3-2-4-8-14)12-21-11-10-20-19(22)18(21)17(13)15/h2-9,16,18H,10-12H2,1H3,(H,20,22). The minimum Gasteiger partial charge on any atom is -0.353 e. The summed E-state index contributed by atoms with van der Waals surface area (Å²) in [4.78, 5) is 14.8. The summed E-state index contributed by atoms with van der Waals surface area (Å²) >= 11 is 0. The third-order valence-electron chi connectivity index (χ3n) is 4.94. The van der Waals surface area contributed by atoms with Gasteiger partial charge in [-0.25, -0.2) is 0 Å². The van der Waals surface area contributed by atoms with Crippen LogP contribution in [-0.4, -0.2) is 30.4 Å². The summed E-state index contributed by atoms with van der Waals surface area (Å²) < 4.78 is 0. The Morgan fingerprint density at radius 3 is 2.73 bits per heavy atom. The fourth-order valence-electron chi connectivity index (χ4n) is 3.91. The van der Waals surface area contributed by atoms with Crippen molar-refractivity contribution in [1.29, 1.82) is 0 Å². The first-order valence-electron chi connectivity index (χ1n) is 7.92. The second-order valence-corrected chi connectivity index (χ2v) is 6.23. The minimum absolute atomic E-state index is 0.120. The SMILES string of the molecule is Cc1cccc2c1C1C(=O)NCCN1CC2c1ccccc1. The van der Waals surface area contributed by atoms with Crippen LogP contribution in [0.15, 0.2) is 48.5 Å². The van der Waals surface area contributed by atoms with E-state index in [1.54, 1.807) is 0 Å². The summed E-state index contributed by atoms with van der Waals surface area (Å²) in [6.45, 7) is 4.70. The van der Waals surface area contributed by atoms with Gasteiger partial charge in [-0.2, -0.15) is 0 Å². The predicted molar refractivity (Wildman–Crippen MR) is 86.8 cm³/mol. The van der Waals surface area contributed by atoms with Crippen LogP contribution in [0.1, 0.15) is 34.2 Å². The van der Waals surface area contributed by atoms with Gasteiger partial charge < -0.3 is 5.32 Å². The normalized spacial score (nSPS) is 24.3. The smallest absolute Gasteiger partial charge is 0.242 e. The molecule has 3 nitrogen and oxygen atoms in total. The molecule has 1 N–H and O–H groups in total. The summed E-state index contributed by atoms with van der Waals surface area (Å²) in [6, 6.07) is 16.9. The molecule has 2 aromatic carbocycles. The second-order valence-electron chi connectivity index (χ2n) is 6.23. The number of fused-ring (bicyclic) bond motifs is 3. The van der Waals surface area contributed by atoms with Crippen molar-refractivity contribution in [1.82, 2.24) is 10.2 Å². The summed E-state index contributed by atoms with van der Waals surface area (Å²) in [7, 11) is 0. The highest BCUT2D eigenvalue weighted by molar-refractivity contribution is 5.85. The van der Waals surface area contributed by atoms with Crippen LogP contribution in [0, 0.1) is 6.92 Å². The summed E-state index contributed by atoms with van der Waals surface area (Å²) in [5.74, 6) is 0.492. The first-order valence-corrected chi connectivity index (χ1v) is 7.92. The fourth-order valence-corrected chi connectivity index (χ4v) is 3.91. The Morgan fingerprint density at radius 2 is 1.91 bits per heavy atom. The monoisotopic (exact) mass is 292 g/mol. The van der Waals surface area contributed by atoms with E-state index >= 15 is 0 Å². The molecule has 3 heteroatoms. The van der Waals surface area contributed by atoms with Gasteiger partial charge in [-0.15, -0.1) is 0 Å². The van der Waals surface area contributed by atoms with Gasteiger partial charge >= 0.3 is 0 Å². The zero-order chi connectivity index (χ0) is 15.1. The Morgan fingerprint density at radius 1 is 1.09 bits per heavy atom. The first-order chi connectivity index (χ1) is 10.8. The van der Waals surface area contributed by atoms with Gasteiger partial charge in [0.1, 0.15) is 6.04 Å². The molecule has 0 bridgehead atoms. The highest BCUT2D eigenvalue weighted by Gasteiger charge is 2.40. The third kappa shape index (κ3) is 2.04. The number of nitrogens with one attached hydrogen (secondary N) is 1. The van der Waals surface area contributed by atoms with E-state index in [1.807, 2.05) is 0 Å². The Kier molecular flexibility index (Phi) is 3.23. The van der Waals surface area contributed by atoms with Gasteiger partial charge in [0, 0.05) is 25.6 Å². The quantitative estimate of drug-likeness (QED) is 0.876. The number of hydrogen-bond donors (Lipinski definition) is 1. The van der Waals surface area contributed by atoms with Crippen molar-refractivity contribution in [2.75, 3.05) is 19.6 Å². The maximum atomic E-state index is 12.4. The van der Waals surface area contributed by atoms with E-state index < -0.39 is 0 Å². The molecule has 2 aromatic rings. The molecule has 22 heavy (non-hydrogen) atoms. The Labute approximate surface area is 131 Å². The molecular weight excluding hydrogens is 272 g/mol. The number of benzene rings is 2. The van der Waals surface area contributed by atoms with Crippen LogP contribution < -0.4 is 5.32 Å². The van der Waals surface area contributed by atoms with Crippen molar-refractivity contribution in [2.45, 2.75) is 18.9 Å². The van der Waals surface area contributed by atoms with Crippen LogP contribution in [-0.2, 0) is 4.79 Å². The Bertz CT molecular complexity index is 711. The number of carbonyl (C=O) groups is 1. The zero-order valence-electron chi connectivity index (χ0n) is 12.8. The number of amides is 1. The van der Waals surface area contributed by atoms with Crippen molar-refractivity contribution in [3.8, 4) is 0 Å². The lowest BCUT2D eigenvalue weighted by atomic mass is 9.79. The Balaban J connectivity index is 1.88. The van der Waals surface area contributed by atoms with E-state index in [-0.39, 0.29) is 11.9 Å². The predicted octanol–water partition coefficient (Wildman–Crippen LogP) is 2.61. The molecule has 1 amide bonds. The molecule has 2 aliphatic heterocycles. The topological polar surface area (TPSA) is 32.3 Å². The highest BCUT2D eigenvalue weighted by Crippen LogP contribution is 2.41. The number of piperazine rings is 1. The largest absolute Gasteiger partial charge is 0.353 e. The van der Waals surface area contributed by atoms with E-state index in [2.05, 4.69) is 65.7 Å². The lowest BCUT2D eigenvalue weighted by Gasteiger charge is -2.43. The average Bonchev–Trinajstić information content (AvgIpc) is 2.55. The molecule has 0 spiro atoms. The van der Waals surface area contributed by atoms with Crippen LogP contribution in [0.4, 0.5) is 0 Å². The highest BCUT2D eigenvalue weighted by atomic mass is 16.2. The molecule has 1 fully saturated rings. The maximum Gasteiger partial charge on any atom is 0.242 e. The molecule has 0 radical (unpaired) electrons. The van der Waals surface area contributed by atoms with Gasteiger partial charge in [0.2, 0.25) is 5.91 Å². The Hall–Kier alpha value is -2.13. The van der Waals surface area contributed by atoms with Gasteiger partial charge in [-0.3, -0.25) is 9.69 Å². The minimum atomic E-state index is -0.120. The number of carbonyl (C=O) groups excluding carboxylic acids is 1. The molecule has 2 unspecified atom stereocenters. The fraction of sp³-hybridized carbons (Fsp3) is 0.316. The molecule has 2 aliphatic rings. The van der Waals surface area contributed by atoms with Gasteiger partial charge in [-0.05, 0) is 29.2 Å². The number of hydrogen-bond acceptors (Lipinski definition) is 2. The van der Waals surface area contributed by atoms with Crippen molar-refractivity contribution in [2.24, 2.45) is 0 Å². The summed E-state index contributed by atoms with van der Waals surface area (Å²) in [5, 5.41) is 3.02. The van der Waals surface area contributed by atoms with Gasteiger partial charge in [0.05, 0.1) is 0 Å². The van der Waals surface area contributed by atoms with E-state index in [9.17, 15) is 4.79 Å². The van der Waals surface area contributed by atoms with Crippen LogP contribution >= 0.6 is 0 Å². The molecular formula is C19H20N2O. The zero-order valence-corrected chi connectivity index (χ0v) is 12.8. The van der Waals surface area contributed by atoms with Crippen LogP contribution in [0.25, 0.3) is 0 Å². The molecule has 0 aliphatic carbocycles. The van der Waals surface area contributed by atoms with Crippen molar-refractivity contribution >= 4 is 5.91 Å². The van der Waals surface area contributed by atoms with Crippen molar-refractivity contribution < 1.29 is 4.79 Å². The number of rotatable bonds is 1. The van der Waals surface area contributed by atoms with Crippen LogP contribution in [0.2, 0.25) is 0 Å². The van der Waals surface area contributed by atoms with Crippen molar-refractivity contribution in [3.63, 3.8) is 0 Å². The first kappa shape index (κ1) is 13.5. The van der Waals surface area contributed by atoms with Gasteiger partial charge in [0.25, 0.3) is 0 Å². The molecule has 112 valence electrons. The average molecular weight is 292 g/mol. The van der Waals surface area contributed by atoms with Gasteiger partial charge in [0.15, 0.2) is 0 Å². The molecule has 0 aromatic heterocycles. The summed E-state index contributed by atoms with van der Waals surface area (Å²) in [6.07, 6.45) is 0. The van der Waals surface area contributed by atoms with E-state index in [1.165, 1.54) is 22.3 Å². The van der Waals surface area contributed by atoms with E-state index in [4.69, 9.17) is 0 Å². The third-order valence-corrected chi connectivity index (χ3v) is 4.94. The van der Waals surface area contributed by atoms with E-state index in [0.29, 0.717) is 5.92 Å². The lowest BCUT2D eigenvalue weighted by Crippen LogP contribution is -2.53. The number of aryl methyl sites for hydroxylation is 1. The summed E-state index contributed by atoms with van der Waals surface area (Å²) in [5.41, 5.74) is 5.06. The van der Waals surface area contributed by atoms with Crippen LogP contribution in [0.5, 0.6) is 0 Å². The number of nitrogens with zero attached hydrogens (tertiary/aromatic N) is 1. The maximum absolute atomic E-state index is 12.4. The van der Waals surface area contributed by atoms with Gasteiger partial charge in [-0.1, -0.05) is 48.5 Å². The molecule has 2 atom stereocenters. The lowest BCUT2D eigenvalue weighted by molar-refractivity contribution is -0.129. The molecule has 1 saturated heterocycles. The molecule has 2 heterocycles. The second kappa shape index (κ2) is 5.25. The van der Waals surface area contributed by atoms with Crippen LogP contribution in [0.3, 0.4) is 0 Å². The molecule has 0 saturated carbocycles. The molecule has 4 rings (SSSR count). The van der Waals surface area contributed by atoms with Crippen molar-refractivity contribution in [3.05, 3.63) is 70.8 Å².